The van der Waals surface area contributed by atoms with Crippen LogP contribution < -0.4 is 10.2 Å². The van der Waals surface area contributed by atoms with Gasteiger partial charge < -0.3 is 15.3 Å². The first-order chi connectivity index (χ1) is 11.1. The van der Waals surface area contributed by atoms with E-state index in [4.69, 9.17) is 0 Å². The number of benzene rings is 1. The van der Waals surface area contributed by atoms with Gasteiger partial charge >= 0.3 is 0 Å². The third kappa shape index (κ3) is 5.24. The highest BCUT2D eigenvalue weighted by atomic mass is 16.3. The molecule has 0 saturated heterocycles. The molecule has 1 amide bonds. The SMILES string of the molecule is CCCN(CC)c1ccc(C(=O)NCC2CCCC(O)C2)cc1. The molecule has 0 bridgehead atoms. The summed E-state index contributed by atoms with van der Waals surface area (Å²) < 4.78 is 0. The molecule has 1 aromatic carbocycles. The predicted octanol–water partition coefficient (Wildman–Crippen LogP) is 3.20. The molecule has 0 aliphatic heterocycles. The zero-order valence-corrected chi connectivity index (χ0v) is 14.4. The van der Waals surface area contributed by atoms with Gasteiger partial charge in [0, 0.05) is 30.9 Å². The molecule has 0 aromatic heterocycles. The second kappa shape index (κ2) is 8.92. The van der Waals surface area contributed by atoms with E-state index in [2.05, 4.69) is 24.1 Å². The standard InChI is InChI=1S/C19H30N2O2/c1-3-12-21(4-2)17-10-8-16(9-11-17)19(23)20-14-15-6-5-7-18(22)13-15/h8-11,15,18,22H,3-7,12-14H2,1-2H3,(H,20,23). The summed E-state index contributed by atoms with van der Waals surface area (Å²) in [6.07, 6.45) is 4.78. The van der Waals surface area contributed by atoms with Crippen molar-refractivity contribution in [2.45, 2.75) is 52.1 Å². The molecule has 0 spiro atoms. The van der Waals surface area contributed by atoms with Gasteiger partial charge in [-0.05, 0) is 62.8 Å². The van der Waals surface area contributed by atoms with Gasteiger partial charge in [0.2, 0.25) is 0 Å². The van der Waals surface area contributed by atoms with Crippen molar-refractivity contribution < 1.29 is 9.90 Å². The van der Waals surface area contributed by atoms with Gasteiger partial charge in [-0.3, -0.25) is 4.79 Å². The molecule has 1 aromatic rings. The highest BCUT2D eigenvalue weighted by Crippen LogP contribution is 2.23. The predicted molar refractivity (Wildman–Crippen MR) is 94.9 cm³/mol. The quantitative estimate of drug-likeness (QED) is 0.812. The van der Waals surface area contributed by atoms with Crippen molar-refractivity contribution in [3.63, 3.8) is 0 Å². The van der Waals surface area contributed by atoms with Crippen LogP contribution >= 0.6 is 0 Å². The summed E-state index contributed by atoms with van der Waals surface area (Å²) in [5, 5.41) is 12.7. The van der Waals surface area contributed by atoms with Crippen molar-refractivity contribution in [2.75, 3.05) is 24.5 Å². The Hall–Kier alpha value is -1.55. The van der Waals surface area contributed by atoms with E-state index in [1.165, 1.54) is 5.69 Å². The highest BCUT2D eigenvalue weighted by Gasteiger charge is 2.20. The maximum atomic E-state index is 12.3. The van der Waals surface area contributed by atoms with Crippen molar-refractivity contribution in [1.29, 1.82) is 0 Å². The highest BCUT2D eigenvalue weighted by molar-refractivity contribution is 5.94. The number of carbonyl (C=O) groups is 1. The van der Waals surface area contributed by atoms with E-state index in [1.54, 1.807) is 0 Å². The van der Waals surface area contributed by atoms with Crippen molar-refractivity contribution in [3.05, 3.63) is 29.8 Å². The Morgan fingerprint density at radius 3 is 2.61 bits per heavy atom. The monoisotopic (exact) mass is 318 g/mol. The summed E-state index contributed by atoms with van der Waals surface area (Å²) in [4.78, 5) is 14.6. The second-order valence-electron chi connectivity index (χ2n) is 6.52. The Morgan fingerprint density at radius 2 is 2.00 bits per heavy atom. The molecule has 1 aliphatic carbocycles. The topological polar surface area (TPSA) is 52.6 Å². The Balaban J connectivity index is 1.87. The van der Waals surface area contributed by atoms with E-state index < -0.39 is 0 Å². The molecular formula is C19H30N2O2. The minimum Gasteiger partial charge on any atom is -0.393 e. The number of aliphatic hydroxyl groups is 1. The van der Waals surface area contributed by atoms with Crippen LogP contribution in [-0.2, 0) is 0 Å². The first kappa shape index (κ1) is 17.8. The van der Waals surface area contributed by atoms with Crippen LogP contribution in [0.15, 0.2) is 24.3 Å². The fourth-order valence-electron chi connectivity index (χ4n) is 3.35. The fraction of sp³-hybridized carbons (Fsp3) is 0.632. The first-order valence-corrected chi connectivity index (χ1v) is 8.95. The molecule has 23 heavy (non-hydrogen) atoms. The number of hydrogen-bond donors (Lipinski definition) is 2. The summed E-state index contributed by atoms with van der Waals surface area (Å²) in [5.41, 5.74) is 1.87. The van der Waals surface area contributed by atoms with E-state index in [1.807, 2.05) is 24.3 Å². The van der Waals surface area contributed by atoms with Gasteiger partial charge in [0.05, 0.1) is 6.10 Å². The van der Waals surface area contributed by atoms with Crippen LogP contribution in [0.1, 0.15) is 56.3 Å². The van der Waals surface area contributed by atoms with Crippen LogP contribution in [0.2, 0.25) is 0 Å². The summed E-state index contributed by atoms with van der Waals surface area (Å²) >= 11 is 0. The maximum absolute atomic E-state index is 12.3. The first-order valence-electron chi connectivity index (χ1n) is 8.95. The third-order valence-corrected chi connectivity index (χ3v) is 4.68. The van der Waals surface area contributed by atoms with Crippen molar-refractivity contribution >= 4 is 11.6 Å². The summed E-state index contributed by atoms with van der Waals surface area (Å²) in [6, 6.07) is 7.86. The molecule has 2 unspecified atom stereocenters. The number of carbonyl (C=O) groups excluding carboxylic acids is 1. The number of rotatable bonds is 7. The molecule has 2 N–H and O–H groups in total. The number of hydrogen-bond acceptors (Lipinski definition) is 3. The number of aliphatic hydroxyl groups excluding tert-OH is 1. The molecule has 128 valence electrons. The Morgan fingerprint density at radius 1 is 1.26 bits per heavy atom. The van der Waals surface area contributed by atoms with Crippen molar-refractivity contribution in [2.24, 2.45) is 5.92 Å². The average molecular weight is 318 g/mol. The van der Waals surface area contributed by atoms with Gasteiger partial charge in [0.1, 0.15) is 0 Å². The van der Waals surface area contributed by atoms with E-state index in [0.717, 1.165) is 45.2 Å². The Kier molecular flexibility index (Phi) is 6.90. The molecule has 2 rings (SSSR count). The maximum Gasteiger partial charge on any atom is 0.251 e. The van der Waals surface area contributed by atoms with Gasteiger partial charge in [0.25, 0.3) is 5.91 Å². The number of anilines is 1. The lowest BCUT2D eigenvalue weighted by Crippen LogP contribution is -2.33. The lowest BCUT2D eigenvalue weighted by molar-refractivity contribution is 0.0874. The Bertz CT molecular complexity index is 487. The van der Waals surface area contributed by atoms with Crippen LogP contribution in [0.25, 0.3) is 0 Å². The molecule has 1 aliphatic rings. The van der Waals surface area contributed by atoms with Gasteiger partial charge in [-0.15, -0.1) is 0 Å². The minimum atomic E-state index is -0.191. The smallest absolute Gasteiger partial charge is 0.251 e. The van der Waals surface area contributed by atoms with E-state index in [0.29, 0.717) is 18.0 Å². The summed E-state index contributed by atoms with van der Waals surface area (Å²) in [5.74, 6) is 0.386. The summed E-state index contributed by atoms with van der Waals surface area (Å²) in [6.45, 7) is 6.99. The average Bonchev–Trinajstić information content (AvgIpc) is 2.58. The molecule has 2 atom stereocenters. The lowest BCUT2D eigenvalue weighted by atomic mass is 9.87. The fourth-order valence-corrected chi connectivity index (χ4v) is 3.35. The molecule has 1 fully saturated rings. The van der Waals surface area contributed by atoms with E-state index in [-0.39, 0.29) is 12.0 Å². The second-order valence-corrected chi connectivity index (χ2v) is 6.52. The molecule has 0 radical (unpaired) electrons. The van der Waals surface area contributed by atoms with Crippen LogP contribution in [0.4, 0.5) is 5.69 Å². The molecular weight excluding hydrogens is 288 g/mol. The van der Waals surface area contributed by atoms with Crippen LogP contribution in [0, 0.1) is 5.92 Å². The van der Waals surface area contributed by atoms with Gasteiger partial charge in [0.15, 0.2) is 0 Å². The minimum absolute atomic E-state index is 0.0184. The van der Waals surface area contributed by atoms with Gasteiger partial charge in [-0.1, -0.05) is 13.3 Å². The van der Waals surface area contributed by atoms with E-state index >= 15 is 0 Å². The normalized spacial score (nSPS) is 21.0. The van der Waals surface area contributed by atoms with E-state index in [9.17, 15) is 9.90 Å². The third-order valence-electron chi connectivity index (χ3n) is 4.68. The zero-order valence-electron chi connectivity index (χ0n) is 14.4. The zero-order chi connectivity index (χ0) is 16.7. The Labute approximate surface area is 139 Å². The summed E-state index contributed by atoms with van der Waals surface area (Å²) in [7, 11) is 0. The number of nitrogens with zero attached hydrogens (tertiary/aromatic N) is 1. The van der Waals surface area contributed by atoms with Crippen LogP contribution in [0.5, 0.6) is 0 Å². The van der Waals surface area contributed by atoms with Gasteiger partial charge in [-0.2, -0.15) is 0 Å². The molecule has 0 heterocycles. The molecule has 4 nitrogen and oxygen atoms in total. The number of nitrogens with one attached hydrogen (secondary N) is 1. The molecule has 4 heteroatoms. The number of amides is 1. The molecule has 1 saturated carbocycles. The van der Waals surface area contributed by atoms with Gasteiger partial charge in [-0.25, -0.2) is 0 Å². The van der Waals surface area contributed by atoms with Crippen molar-refractivity contribution in [1.82, 2.24) is 5.32 Å². The van der Waals surface area contributed by atoms with Crippen molar-refractivity contribution in [3.8, 4) is 0 Å². The van der Waals surface area contributed by atoms with Crippen LogP contribution in [0.3, 0.4) is 0 Å². The lowest BCUT2D eigenvalue weighted by Gasteiger charge is -2.26. The van der Waals surface area contributed by atoms with Crippen LogP contribution in [-0.4, -0.2) is 36.8 Å². The largest absolute Gasteiger partial charge is 0.393 e.